The minimum absolute atomic E-state index is 0.222. The minimum atomic E-state index is -0.378. The van der Waals surface area contributed by atoms with Gasteiger partial charge in [-0.1, -0.05) is 25.9 Å². The molecule has 0 atom stereocenters. The highest BCUT2D eigenvalue weighted by molar-refractivity contribution is 6.04. The van der Waals surface area contributed by atoms with Crippen LogP contribution in [0.5, 0.6) is 0 Å². The molecule has 3 aromatic heterocycles. The lowest BCUT2D eigenvalue weighted by Crippen LogP contribution is -2.44. The van der Waals surface area contributed by atoms with Gasteiger partial charge in [-0.2, -0.15) is 0 Å². The van der Waals surface area contributed by atoms with Crippen LogP contribution in [0.2, 0.25) is 0 Å². The van der Waals surface area contributed by atoms with Crippen molar-refractivity contribution < 1.29 is 9.32 Å². The van der Waals surface area contributed by atoms with E-state index in [0.717, 1.165) is 37.4 Å². The molecular formula is C26H35N9O2. The van der Waals surface area contributed by atoms with Crippen LogP contribution < -0.4 is 26.8 Å². The number of aromatic nitrogens is 3. The van der Waals surface area contributed by atoms with E-state index in [-0.39, 0.29) is 11.3 Å². The first-order chi connectivity index (χ1) is 17.5. The van der Waals surface area contributed by atoms with Crippen molar-refractivity contribution in [3.63, 3.8) is 0 Å². The maximum atomic E-state index is 12.9. The van der Waals surface area contributed by atoms with Crippen LogP contribution in [0.3, 0.4) is 0 Å². The average Bonchev–Trinajstić information content (AvgIpc) is 3.34. The predicted molar refractivity (Wildman–Crippen MR) is 145 cm³/mol. The van der Waals surface area contributed by atoms with E-state index in [1.54, 1.807) is 24.5 Å². The third-order valence-electron chi connectivity index (χ3n) is 6.30. The zero-order valence-electron chi connectivity index (χ0n) is 22.0. The Hall–Kier alpha value is -3.96. The number of rotatable bonds is 6. The van der Waals surface area contributed by atoms with E-state index in [2.05, 4.69) is 37.3 Å². The Balaban J connectivity index is 1.50. The first-order valence-electron chi connectivity index (χ1n) is 12.2. The molecule has 3 aromatic rings. The van der Waals surface area contributed by atoms with Gasteiger partial charge in [-0.25, -0.2) is 5.84 Å². The van der Waals surface area contributed by atoms with Gasteiger partial charge in [0.05, 0.1) is 34.5 Å². The fraction of sp³-hybridized carbons (Fsp3) is 0.385. The van der Waals surface area contributed by atoms with Crippen LogP contribution in [0.4, 0.5) is 17.2 Å². The molecule has 0 radical (unpaired) electrons. The van der Waals surface area contributed by atoms with E-state index >= 15 is 0 Å². The number of piperazine rings is 1. The van der Waals surface area contributed by atoms with Gasteiger partial charge in [0.15, 0.2) is 5.82 Å². The molecule has 1 saturated heterocycles. The first-order valence-corrected chi connectivity index (χ1v) is 12.2. The maximum absolute atomic E-state index is 12.9. The second kappa shape index (κ2) is 10.6. The van der Waals surface area contributed by atoms with E-state index in [1.807, 2.05) is 40.0 Å². The van der Waals surface area contributed by atoms with Gasteiger partial charge in [0.1, 0.15) is 5.76 Å². The highest BCUT2D eigenvalue weighted by Gasteiger charge is 2.21. The van der Waals surface area contributed by atoms with Gasteiger partial charge >= 0.3 is 0 Å². The molecular weight excluding hydrogens is 470 g/mol. The van der Waals surface area contributed by atoms with Crippen LogP contribution in [-0.4, -0.2) is 59.2 Å². The van der Waals surface area contributed by atoms with Crippen LogP contribution >= 0.6 is 0 Å². The SMILES string of the molecule is Cc1ncc(C(=O)Nc2cc(C(C)(C)C)on2)cc1N(N)/C=C(\N)c1cncc(N2CCN(C)CC2)c1. The number of anilines is 3. The van der Waals surface area contributed by atoms with Crippen molar-refractivity contribution >= 4 is 28.8 Å². The number of carbonyl (C=O) groups is 1. The molecule has 1 fully saturated rings. The molecule has 1 aliphatic heterocycles. The van der Waals surface area contributed by atoms with Crippen molar-refractivity contribution in [2.24, 2.45) is 11.6 Å². The number of nitrogens with one attached hydrogen (secondary N) is 1. The number of amides is 1. The topological polar surface area (TPSA) is 143 Å². The van der Waals surface area contributed by atoms with Crippen molar-refractivity contribution in [1.29, 1.82) is 0 Å². The second-order valence-electron chi connectivity index (χ2n) is 10.3. The molecule has 11 heteroatoms. The number of aryl methyl sites for hydroxylation is 1. The van der Waals surface area contributed by atoms with E-state index in [9.17, 15) is 4.79 Å². The number of likely N-dealkylation sites (N-methyl/N-ethyl adjacent to an activating group) is 1. The molecule has 0 aromatic carbocycles. The lowest BCUT2D eigenvalue weighted by atomic mass is 9.93. The number of carbonyl (C=O) groups excluding carboxylic acids is 1. The molecule has 4 heterocycles. The number of nitrogens with two attached hydrogens (primary N) is 2. The summed E-state index contributed by atoms with van der Waals surface area (Å²) in [5, 5.41) is 8.05. The summed E-state index contributed by atoms with van der Waals surface area (Å²) in [7, 11) is 2.12. The number of hydrogen-bond acceptors (Lipinski definition) is 10. The largest absolute Gasteiger partial charge is 0.397 e. The molecule has 0 spiro atoms. The van der Waals surface area contributed by atoms with Crippen LogP contribution in [0.15, 0.2) is 47.5 Å². The number of hydrazine groups is 1. The average molecular weight is 506 g/mol. The van der Waals surface area contributed by atoms with Crippen molar-refractivity contribution in [2.75, 3.05) is 48.5 Å². The van der Waals surface area contributed by atoms with E-state index in [4.69, 9.17) is 16.1 Å². The van der Waals surface area contributed by atoms with Crippen molar-refractivity contribution in [2.45, 2.75) is 33.1 Å². The predicted octanol–water partition coefficient (Wildman–Crippen LogP) is 2.71. The van der Waals surface area contributed by atoms with Crippen LogP contribution in [0, 0.1) is 6.92 Å². The van der Waals surface area contributed by atoms with Gasteiger partial charge in [-0.15, -0.1) is 0 Å². The Morgan fingerprint density at radius 1 is 1.11 bits per heavy atom. The molecule has 37 heavy (non-hydrogen) atoms. The van der Waals surface area contributed by atoms with Gasteiger partial charge in [-0.3, -0.25) is 19.8 Å². The fourth-order valence-electron chi connectivity index (χ4n) is 3.90. The van der Waals surface area contributed by atoms with Crippen molar-refractivity contribution in [3.8, 4) is 0 Å². The van der Waals surface area contributed by atoms with Gasteiger partial charge < -0.3 is 25.4 Å². The third-order valence-corrected chi connectivity index (χ3v) is 6.30. The number of nitrogens with zero attached hydrogens (tertiary/aromatic N) is 6. The van der Waals surface area contributed by atoms with E-state index in [0.29, 0.717) is 34.2 Å². The molecule has 0 bridgehead atoms. The summed E-state index contributed by atoms with van der Waals surface area (Å²) in [4.78, 5) is 26.2. The molecule has 11 nitrogen and oxygen atoms in total. The maximum Gasteiger partial charge on any atom is 0.258 e. The first kappa shape index (κ1) is 26.1. The Kier molecular flexibility index (Phi) is 7.46. The second-order valence-corrected chi connectivity index (χ2v) is 10.3. The summed E-state index contributed by atoms with van der Waals surface area (Å²) in [5.74, 6) is 6.97. The highest BCUT2D eigenvalue weighted by Crippen LogP contribution is 2.25. The summed E-state index contributed by atoms with van der Waals surface area (Å²) in [6, 6.07) is 5.38. The van der Waals surface area contributed by atoms with Gasteiger partial charge in [0.25, 0.3) is 5.91 Å². The lowest BCUT2D eigenvalue weighted by Gasteiger charge is -2.34. The van der Waals surface area contributed by atoms with E-state index in [1.165, 1.54) is 11.2 Å². The molecule has 0 saturated carbocycles. The fourth-order valence-corrected chi connectivity index (χ4v) is 3.90. The smallest absolute Gasteiger partial charge is 0.258 e. The number of hydrogen-bond donors (Lipinski definition) is 3. The van der Waals surface area contributed by atoms with Gasteiger partial charge in [-0.05, 0) is 26.1 Å². The quantitative estimate of drug-likeness (QED) is 0.338. The highest BCUT2D eigenvalue weighted by atomic mass is 16.5. The molecule has 0 unspecified atom stereocenters. The van der Waals surface area contributed by atoms with Crippen LogP contribution in [0.1, 0.15) is 48.1 Å². The standard InChI is InChI=1S/C26H35N9O2/c1-17-22(11-19(14-30-17)25(36)31-24-12-23(37-32-24)26(2,3)4)35(28)16-21(27)18-10-20(15-29-13-18)34-8-6-33(5)7-9-34/h10-16H,6-9,27-28H2,1-5H3,(H,31,32,36)/b21-16-. The molecule has 5 N–H and O–H groups in total. The number of pyridine rings is 2. The Bertz CT molecular complexity index is 1290. The normalized spacial score (nSPS) is 15.1. The lowest BCUT2D eigenvalue weighted by molar-refractivity contribution is 0.102. The summed E-state index contributed by atoms with van der Waals surface area (Å²) in [6.45, 7) is 11.7. The molecule has 4 rings (SSSR count). The van der Waals surface area contributed by atoms with Gasteiger partial charge in [0, 0.05) is 61.8 Å². The minimum Gasteiger partial charge on any atom is -0.397 e. The molecule has 1 aliphatic rings. The Morgan fingerprint density at radius 3 is 2.51 bits per heavy atom. The molecule has 1 amide bonds. The summed E-state index contributed by atoms with van der Waals surface area (Å²) < 4.78 is 5.34. The van der Waals surface area contributed by atoms with Gasteiger partial charge in [0.2, 0.25) is 0 Å². The molecule has 0 aliphatic carbocycles. The molecule has 196 valence electrons. The van der Waals surface area contributed by atoms with Crippen molar-refractivity contribution in [1.82, 2.24) is 20.0 Å². The summed E-state index contributed by atoms with van der Waals surface area (Å²) in [6.07, 6.45) is 6.64. The summed E-state index contributed by atoms with van der Waals surface area (Å²) in [5.41, 5.74) is 9.89. The Morgan fingerprint density at radius 2 is 1.84 bits per heavy atom. The van der Waals surface area contributed by atoms with Crippen LogP contribution in [-0.2, 0) is 5.41 Å². The van der Waals surface area contributed by atoms with Crippen LogP contribution in [0.25, 0.3) is 5.70 Å². The summed E-state index contributed by atoms with van der Waals surface area (Å²) >= 11 is 0. The zero-order valence-corrected chi connectivity index (χ0v) is 22.0. The third kappa shape index (κ3) is 6.25. The van der Waals surface area contributed by atoms with Crippen molar-refractivity contribution in [3.05, 3.63) is 65.6 Å². The van der Waals surface area contributed by atoms with E-state index < -0.39 is 0 Å². The zero-order chi connectivity index (χ0) is 26.7. The Labute approximate surface area is 217 Å². The monoisotopic (exact) mass is 505 g/mol.